The Labute approximate surface area is 113 Å². The molecule has 0 aliphatic carbocycles. The zero-order valence-corrected chi connectivity index (χ0v) is 11.1. The second kappa shape index (κ2) is 6.47. The molecule has 6 nitrogen and oxygen atoms in total. The average Bonchev–Trinajstić information content (AvgIpc) is 2.37. The zero-order chi connectivity index (χ0) is 13.8. The molecule has 0 radical (unpaired) electrons. The molecule has 4 atom stereocenters. The molecular formula is C13H22N2O4. The maximum Gasteiger partial charge on any atom is 0.153 e. The first-order valence-electron chi connectivity index (χ1n) is 6.72. The number of nitrogens with zero attached hydrogens (tertiary/aromatic N) is 2. The first-order valence-corrected chi connectivity index (χ1v) is 6.72. The van der Waals surface area contributed by atoms with Crippen LogP contribution in [0.4, 0.5) is 0 Å². The predicted octanol–water partition coefficient (Wildman–Crippen LogP) is 0.191. The molecule has 2 rings (SSSR count). The van der Waals surface area contributed by atoms with Crippen LogP contribution in [0.5, 0.6) is 0 Å². The first-order chi connectivity index (χ1) is 9.11. The summed E-state index contributed by atoms with van der Waals surface area (Å²) in [6, 6.07) is 0. The van der Waals surface area contributed by atoms with Crippen molar-refractivity contribution in [2.24, 2.45) is 5.10 Å². The largest absolute Gasteiger partial charge is 0.394 e. The van der Waals surface area contributed by atoms with Gasteiger partial charge in [-0.1, -0.05) is 5.57 Å². The van der Waals surface area contributed by atoms with Crippen LogP contribution in [-0.2, 0) is 4.74 Å². The quantitative estimate of drug-likeness (QED) is 0.667. The van der Waals surface area contributed by atoms with E-state index in [1.165, 1.54) is 5.57 Å². The van der Waals surface area contributed by atoms with Gasteiger partial charge in [-0.05, 0) is 26.2 Å². The third-order valence-electron chi connectivity index (χ3n) is 3.50. The van der Waals surface area contributed by atoms with Crippen LogP contribution in [0.2, 0.25) is 0 Å². The van der Waals surface area contributed by atoms with Crippen molar-refractivity contribution >= 4 is 6.21 Å². The summed E-state index contributed by atoms with van der Waals surface area (Å²) in [4.78, 5) is 0. The fraction of sp³-hybridized carbons (Fsp3) is 0.769. The lowest BCUT2D eigenvalue weighted by Gasteiger charge is -2.39. The average molecular weight is 270 g/mol. The summed E-state index contributed by atoms with van der Waals surface area (Å²) in [5.41, 5.74) is 1.20. The molecule has 0 amide bonds. The van der Waals surface area contributed by atoms with Gasteiger partial charge >= 0.3 is 0 Å². The maximum absolute atomic E-state index is 9.83. The highest BCUT2D eigenvalue weighted by Gasteiger charge is 2.38. The van der Waals surface area contributed by atoms with E-state index in [0.29, 0.717) is 0 Å². The molecule has 6 heteroatoms. The highest BCUT2D eigenvalue weighted by Crippen LogP contribution is 2.25. The maximum atomic E-state index is 9.83. The summed E-state index contributed by atoms with van der Waals surface area (Å²) in [7, 11) is 0. The molecule has 19 heavy (non-hydrogen) atoms. The van der Waals surface area contributed by atoms with Crippen molar-refractivity contribution in [1.82, 2.24) is 5.01 Å². The molecule has 0 aromatic rings. The third-order valence-corrected chi connectivity index (χ3v) is 3.50. The Kier molecular flexibility index (Phi) is 4.93. The van der Waals surface area contributed by atoms with Gasteiger partial charge in [0.15, 0.2) is 6.23 Å². The van der Waals surface area contributed by atoms with E-state index in [2.05, 4.69) is 5.10 Å². The summed E-state index contributed by atoms with van der Waals surface area (Å²) >= 11 is 0. The van der Waals surface area contributed by atoms with Gasteiger partial charge in [0, 0.05) is 18.8 Å². The molecule has 0 aromatic carbocycles. The molecule has 1 fully saturated rings. The minimum Gasteiger partial charge on any atom is -0.394 e. The summed E-state index contributed by atoms with van der Waals surface area (Å²) in [6.45, 7) is 1.71. The van der Waals surface area contributed by atoms with Crippen LogP contribution in [0.1, 0.15) is 32.6 Å². The molecule has 2 aliphatic heterocycles. The lowest BCUT2D eigenvalue weighted by Crippen LogP contribution is -2.53. The van der Waals surface area contributed by atoms with Crippen molar-refractivity contribution in [3.63, 3.8) is 0 Å². The number of hydrogen-bond acceptors (Lipinski definition) is 6. The number of aliphatic hydroxyl groups is 3. The second-order valence-electron chi connectivity index (χ2n) is 5.15. The van der Waals surface area contributed by atoms with E-state index < -0.39 is 24.5 Å². The minimum atomic E-state index is -1.05. The SMILES string of the molecule is C/C1=C/N([C@H]2C[C@@H](O)[C@@H](O)[C@@H](CO)O2)/N=C\CCC1. The Morgan fingerprint density at radius 2 is 2.26 bits per heavy atom. The van der Waals surface area contributed by atoms with Crippen molar-refractivity contribution in [1.29, 1.82) is 0 Å². The van der Waals surface area contributed by atoms with Gasteiger partial charge in [-0.25, -0.2) is 5.01 Å². The Morgan fingerprint density at radius 1 is 1.47 bits per heavy atom. The normalized spacial score (nSPS) is 41.1. The van der Waals surface area contributed by atoms with E-state index in [-0.39, 0.29) is 13.0 Å². The molecule has 2 heterocycles. The summed E-state index contributed by atoms with van der Waals surface area (Å²) in [5, 5.41) is 34.7. The smallest absolute Gasteiger partial charge is 0.153 e. The third kappa shape index (κ3) is 3.54. The topological polar surface area (TPSA) is 85.5 Å². The van der Waals surface area contributed by atoms with Gasteiger partial charge in [-0.15, -0.1) is 0 Å². The van der Waals surface area contributed by atoms with Crippen molar-refractivity contribution in [3.8, 4) is 0 Å². The van der Waals surface area contributed by atoms with Crippen LogP contribution in [0.15, 0.2) is 16.9 Å². The number of ether oxygens (including phenoxy) is 1. The highest BCUT2D eigenvalue weighted by molar-refractivity contribution is 5.57. The molecule has 108 valence electrons. The van der Waals surface area contributed by atoms with Gasteiger partial charge in [0.2, 0.25) is 0 Å². The van der Waals surface area contributed by atoms with Gasteiger partial charge in [0.1, 0.15) is 12.2 Å². The molecule has 1 saturated heterocycles. The molecule has 0 bridgehead atoms. The second-order valence-corrected chi connectivity index (χ2v) is 5.15. The Balaban J connectivity index is 2.11. The Bertz CT molecular complexity index is 359. The number of hydrogen-bond donors (Lipinski definition) is 3. The number of hydrazone groups is 1. The lowest BCUT2D eigenvalue weighted by molar-refractivity contribution is -0.210. The van der Waals surface area contributed by atoms with Gasteiger partial charge in [-0.2, -0.15) is 5.10 Å². The summed E-state index contributed by atoms with van der Waals surface area (Å²) in [5.74, 6) is 0. The van der Waals surface area contributed by atoms with Gasteiger partial charge in [0.25, 0.3) is 0 Å². The van der Waals surface area contributed by atoms with Crippen LogP contribution in [0.25, 0.3) is 0 Å². The van der Waals surface area contributed by atoms with Crippen LogP contribution in [0.3, 0.4) is 0 Å². The first kappa shape index (κ1) is 14.5. The Morgan fingerprint density at radius 3 is 3.00 bits per heavy atom. The minimum absolute atomic E-state index is 0.263. The fourth-order valence-corrected chi connectivity index (χ4v) is 2.36. The van der Waals surface area contributed by atoms with Crippen molar-refractivity contribution in [3.05, 3.63) is 11.8 Å². The van der Waals surface area contributed by atoms with Gasteiger partial charge in [0.05, 0.1) is 12.7 Å². The monoisotopic (exact) mass is 270 g/mol. The van der Waals surface area contributed by atoms with E-state index in [1.807, 2.05) is 19.3 Å². The zero-order valence-electron chi connectivity index (χ0n) is 11.1. The van der Waals surface area contributed by atoms with Gasteiger partial charge < -0.3 is 20.1 Å². The molecule has 0 unspecified atom stereocenters. The van der Waals surface area contributed by atoms with E-state index in [1.54, 1.807) is 5.01 Å². The molecule has 3 N–H and O–H groups in total. The molecule has 2 aliphatic rings. The molecule has 0 spiro atoms. The van der Waals surface area contributed by atoms with E-state index in [9.17, 15) is 15.3 Å². The number of aliphatic hydroxyl groups excluding tert-OH is 3. The molecule has 0 saturated carbocycles. The fourth-order valence-electron chi connectivity index (χ4n) is 2.36. The van der Waals surface area contributed by atoms with Crippen LogP contribution < -0.4 is 0 Å². The standard InChI is InChI=1S/C13H22N2O4/c1-9-4-2-3-5-14-15(7-9)12-6-10(17)13(18)11(8-16)19-12/h5,7,10-13,16-18H,2-4,6,8H2,1H3/b9-7-,14-5-/t10-,11-,12-,13-/m1/s1. The van der Waals surface area contributed by atoms with Crippen molar-refractivity contribution < 1.29 is 20.1 Å². The van der Waals surface area contributed by atoms with Crippen LogP contribution in [0, 0.1) is 0 Å². The van der Waals surface area contributed by atoms with Crippen molar-refractivity contribution in [2.75, 3.05) is 6.61 Å². The van der Waals surface area contributed by atoms with E-state index in [4.69, 9.17) is 4.74 Å². The van der Waals surface area contributed by atoms with Crippen LogP contribution >= 0.6 is 0 Å². The molecule has 0 aromatic heterocycles. The molecular weight excluding hydrogens is 248 g/mol. The summed E-state index contributed by atoms with van der Waals surface area (Å²) in [6.07, 6.45) is 3.78. The Hall–Kier alpha value is -0.950. The highest BCUT2D eigenvalue weighted by atomic mass is 16.5. The summed E-state index contributed by atoms with van der Waals surface area (Å²) < 4.78 is 5.61. The van der Waals surface area contributed by atoms with Crippen molar-refractivity contribution in [2.45, 2.75) is 57.1 Å². The van der Waals surface area contributed by atoms with Crippen LogP contribution in [-0.4, -0.2) is 57.7 Å². The number of allylic oxidation sites excluding steroid dienone is 1. The lowest BCUT2D eigenvalue weighted by atomic mass is 10.0. The predicted molar refractivity (Wildman–Crippen MR) is 70.3 cm³/mol. The number of rotatable bonds is 2. The van der Waals surface area contributed by atoms with E-state index in [0.717, 1.165) is 19.3 Å². The van der Waals surface area contributed by atoms with Gasteiger partial charge in [-0.3, -0.25) is 0 Å². The van der Waals surface area contributed by atoms with E-state index >= 15 is 0 Å².